The van der Waals surface area contributed by atoms with Crippen molar-refractivity contribution < 1.29 is 4.79 Å². The van der Waals surface area contributed by atoms with Gasteiger partial charge in [-0.15, -0.1) is 0 Å². The molecule has 0 aliphatic heterocycles. The third kappa shape index (κ3) is 2.28. The van der Waals surface area contributed by atoms with Crippen molar-refractivity contribution in [3.8, 4) is 0 Å². The molecule has 1 amide bonds. The van der Waals surface area contributed by atoms with E-state index in [1.54, 1.807) is 29.2 Å². The van der Waals surface area contributed by atoms with Crippen LogP contribution >= 0.6 is 12.2 Å². The Bertz CT molecular complexity index is 782. The minimum atomic E-state index is -0.291. The number of nitrogens with one attached hydrogen (secondary N) is 1. The number of fused-ring (bicyclic) bond motifs is 1. The van der Waals surface area contributed by atoms with Crippen molar-refractivity contribution in [2.45, 2.75) is 0 Å². The van der Waals surface area contributed by atoms with Gasteiger partial charge in [-0.25, -0.2) is 4.98 Å². The van der Waals surface area contributed by atoms with E-state index in [2.05, 4.69) is 15.3 Å². The van der Waals surface area contributed by atoms with Gasteiger partial charge in [0.05, 0.1) is 16.6 Å². The Balaban J connectivity index is 1.85. The topological polar surface area (TPSA) is 59.8 Å². The van der Waals surface area contributed by atoms with Gasteiger partial charge in [0.1, 0.15) is 6.33 Å². The number of carbonyl (C=O) groups is 1. The van der Waals surface area contributed by atoms with Crippen LogP contribution in [0.25, 0.3) is 11.0 Å². The fraction of sp³-hybridized carbons (Fsp3) is 0. The molecular formula is C14H10N4OS. The van der Waals surface area contributed by atoms with Crippen LogP contribution in [0.2, 0.25) is 0 Å². The van der Waals surface area contributed by atoms with Crippen molar-refractivity contribution >= 4 is 34.3 Å². The molecule has 0 radical (unpaired) electrons. The van der Waals surface area contributed by atoms with Crippen molar-refractivity contribution in [2.24, 2.45) is 0 Å². The molecule has 0 saturated heterocycles. The number of amides is 1. The Kier molecular flexibility index (Phi) is 3.22. The van der Waals surface area contributed by atoms with Crippen LogP contribution in [0.15, 0.2) is 55.1 Å². The third-order valence-corrected chi connectivity index (χ3v) is 3.12. The molecule has 98 valence electrons. The summed E-state index contributed by atoms with van der Waals surface area (Å²) in [6.07, 6.45) is 4.69. The number of carbonyl (C=O) groups excluding carboxylic acids is 1. The van der Waals surface area contributed by atoms with Crippen LogP contribution in [0.1, 0.15) is 10.4 Å². The zero-order chi connectivity index (χ0) is 13.9. The Hall–Kier alpha value is -2.60. The minimum absolute atomic E-state index is 0.285. The number of aromatic nitrogens is 3. The van der Waals surface area contributed by atoms with Crippen molar-refractivity contribution in [3.63, 3.8) is 0 Å². The van der Waals surface area contributed by atoms with E-state index in [4.69, 9.17) is 12.2 Å². The Labute approximate surface area is 120 Å². The molecule has 1 aromatic carbocycles. The Morgan fingerprint density at radius 3 is 2.85 bits per heavy atom. The SMILES string of the molecule is O=C(NC(=S)n1cnc2ccccc21)c1cccnc1. The van der Waals surface area contributed by atoms with Crippen LogP contribution in [-0.2, 0) is 0 Å². The van der Waals surface area contributed by atoms with Gasteiger partial charge in [-0.05, 0) is 36.5 Å². The highest BCUT2D eigenvalue weighted by Gasteiger charge is 2.11. The smallest absolute Gasteiger partial charge is 0.258 e. The van der Waals surface area contributed by atoms with Crippen LogP contribution in [0.4, 0.5) is 0 Å². The lowest BCUT2D eigenvalue weighted by molar-refractivity contribution is 0.0976. The zero-order valence-corrected chi connectivity index (χ0v) is 11.2. The van der Waals surface area contributed by atoms with Gasteiger partial charge in [0, 0.05) is 12.4 Å². The first-order chi connectivity index (χ1) is 9.75. The van der Waals surface area contributed by atoms with E-state index in [0.29, 0.717) is 5.56 Å². The molecule has 0 fully saturated rings. The van der Waals surface area contributed by atoms with Gasteiger partial charge in [0.15, 0.2) is 5.11 Å². The van der Waals surface area contributed by atoms with E-state index < -0.39 is 0 Å². The number of benzene rings is 1. The van der Waals surface area contributed by atoms with E-state index in [9.17, 15) is 4.79 Å². The van der Waals surface area contributed by atoms with Crippen molar-refractivity contribution in [1.82, 2.24) is 19.9 Å². The molecule has 1 N–H and O–H groups in total. The normalized spacial score (nSPS) is 10.4. The lowest BCUT2D eigenvalue weighted by atomic mass is 10.3. The number of pyridine rings is 1. The molecule has 20 heavy (non-hydrogen) atoms. The maximum absolute atomic E-state index is 12.0. The lowest BCUT2D eigenvalue weighted by Crippen LogP contribution is -2.33. The highest BCUT2D eigenvalue weighted by atomic mass is 32.1. The van der Waals surface area contributed by atoms with Gasteiger partial charge >= 0.3 is 0 Å². The third-order valence-electron chi connectivity index (χ3n) is 2.82. The number of hydrogen-bond acceptors (Lipinski definition) is 4. The lowest BCUT2D eigenvalue weighted by Gasteiger charge is -2.08. The molecule has 3 rings (SSSR count). The second kappa shape index (κ2) is 5.18. The Morgan fingerprint density at radius 2 is 2.05 bits per heavy atom. The van der Waals surface area contributed by atoms with Gasteiger partial charge in [-0.1, -0.05) is 12.1 Å². The summed E-state index contributed by atoms with van der Waals surface area (Å²) in [4.78, 5) is 20.1. The van der Waals surface area contributed by atoms with E-state index >= 15 is 0 Å². The summed E-state index contributed by atoms with van der Waals surface area (Å²) < 4.78 is 1.67. The van der Waals surface area contributed by atoms with Gasteiger partial charge in [0.25, 0.3) is 5.91 Å². The monoisotopic (exact) mass is 282 g/mol. The molecule has 0 spiro atoms. The first-order valence-electron chi connectivity index (χ1n) is 5.93. The fourth-order valence-electron chi connectivity index (χ4n) is 1.85. The number of hydrogen-bond donors (Lipinski definition) is 1. The molecule has 0 aliphatic rings. The number of nitrogens with zero attached hydrogens (tertiary/aromatic N) is 3. The van der Waals surface area contributed by atoms with E-state index in [1.807, 2.05) is 24.3 Å². The molecular weight excluding hydrogens is 272 g/mol. The molecule has 2 aromatic heterocycles. The number of para-hydroxylation sites is 2. The predicted octanol–water partition coefficient (Wildman–Crippen LogP) is 1.99. The first-order valence-corrected chi connectivity index (χ1v) is 6.34. The molecule has 0 bridgehead atoms. The minimum Gasteiger partial charge on any atom is -0.298 e. The van der Waals surface area contributed by atoms with Crippen LogP contribution in [-0.4, -0.2) is 25.6 Å². The second-order valence-corrected chi connectivity index (χ2v) is 4.49. The van der Waals surface area contributed by atoms with Crippen LogP contribution in [0.5, 0.6) is 0 Å². The van der Waals surface area contributed by atoms with Crippen LogP contribution in [0.3, 0.4) is 0 Å². The molecule has 5 nitrogen and oxygen atoms in total. The summed E-state index contributed by atoms with van der Waals surface area (Å²) >= 11 is 5.25. The molecule has 0 saturated carbocycles. The van der Waals surface area contributed by atoms with Crippen molar-refractivity contribution in [3.05, 3.63) is 60.7 Å². The Morgan fingerprint density at radius 1 is 1.20 bits per heavy atom. The van der Waals surface area contributed by atoms with Crippen molar-refractivity contribution in [2.75, 3.05) is 0 Å². The summed E-state index contributed by atoms with van der Waals surface area (Å²) in [6, 6.07) is 11.0. The molecule has 0 aliphatic carbocycles. The summed E-state index contributed by atoms with van der Waals surface area (Å²) in [6.45, 7) is 0. The molecule has 2 heterocycles. The number of thiocarbonyl (C=S) groups is 1. The van der Waals surface area contributed by atoms with E-state index in [-0.39, 0.29) is 11.0 Å². The fourth-order valence-corrected chi connectivity index (χ4v) is 2.09. The zero-order valence-electron chi connectivity index (χ0n) is 10.4. The molecule has 6 heteroatoms. The largest absolute Gasteiger partial charge is 0.298 e. The van der Waals surface area contributed by atoms with E-state index in [1.165, 1.54) is 6.20 Å². The average Bonchev–Trinajstić information content (AvgIpc) is 2.92. The van der Waals surface area contributed by atoms with E-state index in [0.717, 1.165) is 11.0 Å². The molecule has 0 unspecified atom stereocenters. The first kappa shape index (κ1) is 12.4. The van der Waals surface area contributed by atoms with Gasteiger partial charge < -0.3 is 0 Å². The van der Waals surface area contributed by atoms with Crippen LogP contribution < -0.4 is 5.32 Å². The average molecular weight is 282 g/mol. The standard InChI is InChI=1S/C14H10N4OS/c19-13(10-4-3-7-15-8-10)17-14(20)18-9-16-11-5-1-2-6-12(11)18/h1-9H,(H,17,19,20). The summed E-state index contributed by atoms with van der Waals surface area (Å²) in [7, 11) is 0. The second-order valence-electron chi connectivity index (χ2n) is 4.10. The van der Waals surface area contributed by atoms with Gasteiger partial charge in [-0.2, -0.15) is 0 Å². The van der Waals surface area contributed by atoms with Gasteiger partial charge in [-0.3, -0.25) is 19.7 Å². The quantitative estimate of drug-likeness (QED) is 0.693. The maximum atomic E-state index is 12.0. The highest BCUT2D eigenvalue weighted by molar-refractivity contribution is 7.80. The maximum Gasteiger partial charge on any atom is 0.258 e. The van der Waals surface area contributed by atoms with Crippen molar-refractivity contribution in [1.29, 1.82) is 0 Å². The van der Waals surface area contributed by atoms with Crippen LogP contribution in [0, 0.1) is 0 Å². The molecule has 3 aromatic rings. The summed E-state index contributed by atoms with van der Waals surface area (Å²) in [5.41, 5.74) is 2.13. The highest BCUT2D eigenvalue weighted by Crippen LogP contribution is 2.11. The number of rotatable bonds is 1. The summed E-state index contributed by atoms with van der Waals surface area (Å²) in [5, 5.41) is 2.95. The number of imidazole rings is 1. The molecule has 0 atom stereocenters. The summed E-state index contributed by atoms with van der Waals surface area (Å²) in [5.74, 6) is -0.291. The van der Waals surface area contributed by atoms with Gasteiger partial charge in [0.2, 0.25) is 0 Å². The predicted molar refractivity (Wildman–Crippen MR) is 79.4 cm³/mol.